The highest BCUT2D eigenvalue weighted by atomic mass is 16.7. The molecule has 0 aromatic heterocycles. The van der Waals surface area contributed by atoms with Crippen molar-refractivity contribution in [1.29, 1.82) is 0 Å². The number of nitrogens with zero attached hydrogens (tertiary/aromatic N) is 2. The molecule has 2 saturated heterocycles. The topological polar surface area (TPSA) is 68.3 Å². The average Bonchev–Trinajstić information content (AvgIpc) is 3.35. The summed E-state index contributed by atoms with van der Waals surface area (Å²) in [4.78, 5) is 34.4. The molecule has 32 heavy (non-hydrogen) atoms. The number of para-hydroxylation sites is 2. The molecule has 162 valence electrons. The third kappa shape index (κ3) is 3.09. The first-order valence-electron chi connectivity index (χ1n) is 10.3. The Morgan fingerprint density at radius 2 is 1.44 bits per heavy atom. The highest BCUT2D eigenvalue weighted by Crippen LogP contribution is 2.50. The summed E-state index contributed by atoms with van der Waals surface area (Å²) >= 11 is 0. The van der Waals surface area contributed by atoms with Crippen LogP contribution in [-0.4, -0.2) is 32.1 Å². The van der Waals surface area contributed by atoms with Crippen molar-refractivity contribution >= 4 is 23.2 Å². The Labute approximate surface area is 185 Å². The van der Waals surface area contributed by atoms with Gasteiger partial charge < -0.3 is 9.47 Å². The molecule has 0 aliphatic carbocycles. The monoisotopic (exact) mass is 430 g/mol. The van der Waals surface area contributed by atoms with E-state index in [0.29, 0.717) is 22.7 Å². The lowest BCUT2D eigenvalue weighted by atomic mass is 9.89. The van der Waals surface area contributed by atoms with E-state index in [1.807, 2.05) is 42.5 Å². The zero-order valence-corrected chi connectivity index (χ0v) is 17.7. The number of rotatable bonds is 5. The van der Waals surface area contributed by atoms with Crippen LogP contribution in [0.2, 0.25) is 0 Å². The second kappa shape index (κ2) is 8.01. The van der Waals surface area contributed by atoms with E-state index in [9.17, 15) is 9.59 Å². The molecule has 0 N–H and O–H groups in total. The van der Waals surface area contributed by atoms with Crippen LogP contribution >= 0.6 is 0 Å². The van der Waals surface area contributed by atoms with E-state index in [1.54, 1.807) is 55.7 Å². The van der Waals surface area contributed by atoms with E-state index in [-0.39, 0.29) is 11.8 Å². The van der Waals surface area contributed by atoms with Crippen LogP contribution in [-0.2, 0) is 14.4 Å². The number of methoxy groups -OCH3 is 2. The smallest absolute Gasteiger partial charge is 0.266 e. The standard InChI is InChI=1S/C25H22N2O5/c1-30-18-13-14-20(31-2)19(15-18)22-21-23(32-27(22)17-11-7-4-8-12-17)25(29)26(24(21)28)16-9-5-3-6-10-16/h3-15,21-23H,1-2H3/t21-,22+,23-/m1/s1. The highest BCUT2D eigenvalue weighted by Gasteiger charge is 2.60. The minimum absolute atomic E-state index is 0.306. The number of hydroxylamine groups is 1. The number of imide groups is 1. The summed E-state index contributed by atoms with van der Waals surface area (Å²) in [5.41, 5.74) is 1.98. The van der Waals surface area contributed by atoms with E-state index >= 15 is 0 Å². The SMILES string of the molecule is COc1ccc(OC)c([C@H]2[C@H]3C(=O)N(c4ccccc4)C(=O)[C@@H]3ON2c2ccccc2)c1. The van der Waals surface area contributed by atoms with Gasteiger partial charge in [-0.2, -0.15) is 0 Å². The van der Waals surface area contributed by atoms with Gasteiger partial charge in [-0.1, -0.05) is 36.4 Å². The minimum Gasteiger partial charge on any atom is -0.497 e. The molecule has 3 aromatic rings. The summed E-state index contributed by atoms with van der Waals surface area (Å²) < 4.78 is 11.0. The van der Waals surface area contributed by atoms with Crippen LogP contribution in [0.4, 0.5) is 11.4 Å². The van der Waals surface area contributed by atoms with Crippen LogP contribution in [0.5, 0.6) is 11.5 Å². The minimum atomic E-state index is -0.941. The van der Waals surface area contributed by atoms with Crippen molar-refractivity contribution < 1.29 is 23.9 Å². The molecule has 2 aliphatic rings. The van der Waals surface area contributed by atoms with Gasteiger partial charge in [-0.3, -0.25) is 14.4 Å². The molecule has 7 nitrogen and oxygen atoms in total. The Morgan fingerprint density at radius 1 is 0.781 bits per heavy atom. The number of carbonyl (C=O) groups is 2. The van der Waals surface area contributed by atoms with Gasteiger partial charge in [-0.15, -0.1) is 0 Å². The number of hydrogen-bond acceptors (Lipinski definition) is 6. The molecule has 3 aromatic carbocycles. The van der Waals surface area contributed by atoms with Crippen LogP contribution < -0.4 is 19.4 Å². The predicted octanol–water partition coefficient (Wildman–Crippen LogP) is 3.75. The number of hydrogen-bond donors (Lipinski definition) is 0. The van der Waals surface area contributed by atoms with Crippen molar-refractivity contribution in [2.75, 3.05) is 24.2 Å². The Hall–Kier alpha value is -3.84. The third-order valence-electron chi connectivity index (χ3n) is 5.90. The lowest BCUT2D eigenvalue weighted by Gasteiger charge is -2.29. The number of fused-ring (bicyclic) bond motifs is 1. The van der Waals surface area contributed by atoms with Gasteiger partial charge in [0.25, 0.3) is 5.91 Å². The van der Waals surface area contributed by atoms with E-state index in [1.165, 1.54) is 4.90 Å². The highest BCUT2D eigenvalue weighted by molar-refractivity contribution is 6.23. The molecule has 3 atom stereocenters. The van der Waals surface area contributed by atoms with Gasteiger partial charge in [0, 0.05) is 5.56 Å². The zero-order valence-electron chi connectivity index (χ0n) is 17.7. The summed E-state index contributed by atoms with van der Waals surface area (Å²) in [5, 5.41) is 1.64. The fraction of sp³-hybridized carbons (Fsp3) is 0.200. The van der Waals surface area contributed by atoms with Crippen molar-refractivity contribution in [3.05, 3.63) is 84.4 Å². The maximum Gasteiger partial charge on any atom is 0.266 e. The number of ether oxygens (including phenoxy) is 2. The van der Waals surface area contributed by atoms with Crippen molar-refractivity contribution in [2.24, 2.45) is 5.92 Å². The molecule has 2 amide bonds. The first-order chi connectivity index (χ1) is 15.6. The second-order valence-corrected chi connectivity index (χ2v) is 7.61. The molecular weight excluding hydrogens is 408 g/mol. The number of benzene rings is 3. The van der Waals surface area contributed by atoms with Crippen molar-refractivity contribution in [3.8, 4) is 11.5 Å². The van der Waals surface area contributed by atoms with Gasteiger partial charge in [0.2, 0.25) is 5.91 Å². The quantitative estimate of drug-likeness (QED) is 0.575. The fourth-order valence-electron chi connectivity index (χ4n) is 4.43. The van der Waals surface area contributed by atoms with Gasteiger partial charge >= 0.3 is 0 Å². The molecule has 0 unspecified atom stereocenters. The normalized spacial score (nSPS) is 22.2. The zero-order chi connectivity index (χ0) is 22.2. The fourth-order valence-corrected chi connectivity index (χ4v) is 4.43. The molecule has 2 fully saturated rings. The Balaban J connectivity index is 1.64. The molecule has 2 aliphatic heterocycles. The third-order valence-corrected chi connectivity index (χ3v) is 5.90. The van der Waals surface area contributed by atoms with E-state index in [2.05, 4.69) is 0 Å². The summed E-state index contributed by atoms with van der Waals surface area (Å²) in [6.07, 6.45) is -0.941. The largest absolute Gasteiger partial charge is 0.497 e. The first kappa shape index (κ1) is 20.1. The van der Waals surface area contributed by atoms with Crippen molar-refractivity contribution in [1.82, 2.24) is 0 Å². The predicted molar refractivity (Wildman–Crippen MR) is 119 cm³/mol. The Kier molecular flexibility index (Phi) is 5.03. The van der Waals surface area contributed by atoms with E-state index < -0.39 is 18.1 Å². The molecular formula is C25H22N2O5. The average molecular weight is 430 g/mol. The first-order valence-corrected chi connectivity index (χ1v) is 10.3. The Bertz CT molecular complexity index is 1150. The van der Waals surface area contributed by atoms with Crippen LogP contribution in [0.25, 0.3) is 0 Å². The maximum absolute atomic E-state index is 13.6. The maximum atomic E-state index is 13.6. The lowest BCUT2D eigenvalue weighted by Crippen LogP contribution is -2.37. The summed E-state index contributed by atoms with van der Waals surface area (Å²) in [5.74, 6) is -0.228. The molecule has 5 rings (SSSR count). The second-order valence-electron chi connectivity index (χ2n) is 7.61. The van der Waals surface area contributed by atoms with Crippen LogP contribution in [0, 0.1) is 5.92 Å². The molecule has 0 radical (unpaired) electrons. The molecule has 0 bridgehead atoms. The van der Waals surface area contributed by atoms with Gasteiger partial charge in [0.15, 0.2) is 6.10 Å². The van der Waals surface area contributed by atoms with E-state index in [0.717, 1.165) is 5.69 Å². The van der Waals surface area contributed by atoms with E-state index in [4.69, 9.17) is 14.3 Å². The summed E-state index contributed by atoms with van der Waals surface area (Å²) in [7, 11) is 3.15. The summed E-state index contributed by atoms with van der Waals surface area (Å²) in [6, 6.07) is 23.2. The number of anilines is 2. The van der Waals surface area contributed by atoms with Crippen LogP contribution in [0.1, 0.15) is 11.6 Å². The molecule has 0 spiro atoms. The number of amides is 2. The lowest BCUT2D eigenvalue weighted by molar-refractivity contribution is -0.126. The van der Waals surface area contributed by atoms with Crippen molar-refractivity contribution in [3.63, 3.8) is 0 Å². The molecule has 7 heteroatoms. The molecule has 2 heterocycles. The van der Waals surface area contributed by atoms with Gasteiger partial charge in [0.1, 0.15) is 23.5 Å². The Morgan fingerprint density at radius 3 is 2.06 bits per heavy atom. The van der Waals surface area contributed by atoms with Gasteiger partial charge in [0.05, 0.1) is 25.6 Å². The van der Waals surface area contributed by atoms with Gasteiger partial charge in [-0.05, 0) is 42.5 Å². The van der Waals surface area contributed by atoms with Crippen LogP contribution in [0.15, 0.2) is 78.9 Å². The molecule has 0 saturated carbocycles. The number of carbonyl (C=O) groups excluding carboxylic acids is 2. The van der Waals surface area contributed by atoms with Gasteiger partial charge in [-0.25, -0.2) is 9.96 Å². The summed E-state index contributed by atoms with van der Waals surface area (Å²) in [6.45, 7) is 0. The van der Waals surface area contributed by atoms with Crippen LogP contribution in [0.3, 0.4) is 0 Å². The van der Waals surface area contributed by atoms with Crippen molar-refractivity contribution in [2.45, 2.75) is 12.1 Å².